The largest absolute Gasteiger partial charge is 0.396 e. The number of aryl methyl sites for hydroxylation is 1. The number of hydrogen-bond acceptors (Lipinski definition) is 4. The van der Waals surface area contributed by atoms with Crippen LogP contribution < -0.4 is 5.32 Å². The minimum absolute atomic E-state index is 0.0578. The second-order valence-corrected chi connectivity index (χ2v) is 8.99. The molecule has 1 saturated carbocycles. The molecule has 0 saturated heterocycles. The van der Waals surface area contributed by atoms with E-state index in [1.165, 1.54) is 6.42 Å². The molecule has 0 bridgehead atoms. The fraction of sp³-hybridized carbons (Fsp3) is 0.611. The predicted octanol–water partition coefficient (Wildman–Crippen LogP) is 2.22. The number of carbonyl (C=O) groups is 1. The van der Waals surface area contributed by atoms with Gasteiger partial charge in [0.1, 0.15) is 0 Å². The van der Waals surface area contributed by atoms with Crippen LogP contribution in [-0.4, -0.2) is 38.3 Å². The van der Waals surface area contributed by atoms with Crippen LogP contribution in [0.4, 0.5) is 0 Å². The number of carbonyl (C=O) groups excluding carboxylic acids is 1. The maximum absolute atomic E-state index is 12.3. The van der Waals surface area contributed by atoms with Crippen LogP contribution in [0.2, 0.25) is 0 Å². The summed E-state index contributed by atoms with van der Waals surface area (Å²) in [5.74, 6) is -0.474. The standard InChI is InChI=1S/C18H27NO4S/c1-15-5-7-16(8-6-15)24(22,23)12-9-17(21)19-13-18(14-20)10-3-2-4-11-18/h5-8,20H,2-4,9-14H2,1H3,(H,19,21). The number of benzene rings is 1. The summed E-state index contributed by atoms with van der Waals surface area (Å²) in [5, 5.41) is 12.5. The molecular formula is C18H27NO4S. The number of rotatable bonds is 7. The molecule has 2 rings (SSSR count). The lowest BCUT2D eigenvalue weighted by Gasteiger charge is -2.35. The summed E-state index contributed by atoms with van der Waals surface area (Å²) in [6.45, 7) is 2.38. The molecule has 0 spiro atoms. The third-order valence-electron chi connectivity index (χ3n) is 4.89. The summed E-state index contributed by atoms with van der Waals surface area (Å²) in [4.78, 5) is 12.3. The molecule has 5 nitrogen and oxygen atoms in total. The van der Waals surface area contributed by atoms with E-state index in [-0.39, 0.29) is 35.0 Å². The monoisotopic (exact) mass is 353 g/mol. The molecule has 0 aliphatic heterocycles. The molecule has 0 atom stereocenters. The summed E-state index contributed by atoms with van der Waals surface area (Å²) in [7, 11) is -3.45. The van der Waals surface area contributed by atoms with Crippen molar-refractivity contribution < 1.29 is 18.3 Å². The van der Waals surface area contributed by atoms with Gasteiger partial charge in [-0.15, -0.1) is 0 Å². The van der Waals surface area contributed by atoms with Crippen molar-refractivity contribution in [3.05, 3.63) is 29.8 Å². The predicted molar refractivity (Wildman–Crippen MR) is 93.5 cm³/mol. The molecule has 0 aromatic heterocycles. The van der Waals surface area contributed by atoms with Crippen molar-refractivity contribution in [3.8, 4) is 0 Å². The molecule has 1 aromatic rings. The molecule has 1 aliphatic carbocycles. The van der Waals surface area contributed by atoms with Gasteiger partial charge >= 0.3 is 0 Å². The van der Waals surface area contributed by atoms with Gasteiger partial charge in [-0.2, -0.15) is 0 Å². The van der Waals surface area contributed by atoms with Gasteiger partial charge in [0, 0.05) is 18.4 Å². The fourth-order valence-electron chi connectivity index (χ4n) is 3.16. The van der Waals surface area contributed by atoms with Gasteiger partial charge in [0.2, 0.25) is 5.91 Å². The zero-order chi connectivity index (χ0) is 17.6. The smallest absolute Gasteiger partial charge is 0.221 e. The van der Waals surface area contributed by atoms with E-state index in [0.717, 1.165) is 31.2 Å². The number of amides is 1. The van der Waals surface area contributed by atoms with Crippen LogP contribution in [0.1, 0.15) is 44.1 Å². The zero-order valence-electron chi connectivity index (χ0n) is 14.3. The van der Waals surface area contributed by atoms with Gasteiger partial charge in [0.05, 0.1) is 17.3 Å². The van der Waals surface area contributed by atoms with Gasteiger partial charge in [-0.25, -0.2) is 8.42 Å². The van der Waals surface area contributed by atoms with Crippen LogP contribution in [-0.2, 0) is 14.6 Å². The number of nitrogens with one attached hydrogen (secondary N) is 1. The highest BCUT2D eigenvalue weighted by Crippen LogP contribution is 2.35. The lowest BCUT2D eigenvalue weighted by atomic mass is 9.74. The SMILES string of the molecule is Cc1ccc(S(=O)(=O)CCC(=O)NCC2(CO)CCCCC2)cc1. The van der Waals surface area contributed by atoms with Crippen molar-refractivity contribution in [1.29, 1.82) is 0 Å². The Hall–Kier alpha value is -1.40. The Labute approximate surface area is 144 Å². The Kier molecular flexibility index (Phi) is 6.40. The maximum Gasteiger partial charge on any atom is 0.221 e. The minimum Gasteiger partial charge on any atom is -0.396 e. The van der Waals surface area contributed by atoms with Gasteiger partial charge < -0.3 is 10.4 Å². The molecule has 0 unspecified atom stereocenters. The van der Waals surface area contributed by atoms with Crippen molar-refractivity contribution in [2.75, 3.05) is 18.9 Å². The Morgan fingerprint density at radius 3 is 2.38 bits per heavy atom. The summed E-state index contributed by atoms with van der Waals surface area (Å²) >= 11 is 0. The summed E-state index contributed by atoms with van der Waals surface area (Å²) in [6.07, 6.45) is 5.07. The lowest BCUT2D eigenvalue weighted by molar-refractivity contribution is -0.121. The van der Waals surface area contributed by atoms with Gasteiger partial charge in [0.15, 0.2) is 9.84 Å². The van der Waals surface area contributed by atoms with Crippen LogP contribution >= 0.6 is 0 Å². The van der Waals surface area contributed by atoms with E-state index in [1.807, 2.05) is 6.92 Å². The van der Waals surface area contributed by atoms with Crippen LogP contribution in [0.3, 0.4) is 0 Å². The first-order valence-electron chi connectivity index (χ1n) is 8.54. The number of aliphatic hydroxyl groups excluding tert-OH is 1. The van der Waals surface area contributed by atoms with Gasteiger partial charge in [-0.3, -0.25) is 4.79 Å². The first kappa shape index (κ1) is 18.9. The van der Waals surface area contributed by atoms with E-state index in [4.69, 9.17) is 0 Å². The Balaban J connectivity index is 1.85. The number of hydrogen-bond donors (Lipinski definition) is 2. The van der Waals surface area contributed by atoms with Crippen molar-refractivity contribution >= 4 is 15.7 Å². The van der Waals surface area contributed by atoms with E-state index >= 15 is 0 Å². The molecule has 1 aliphatic rings. The quantitative estimate of drug-likeness (QED) is 0.787. The molecule has 2 N–H and O–H groups in total. The summed E-state index contributed by atoms with van der Waals surface area (Å²) < 4.78 is 24.5. The topological polar surface area (TPSA) is 83.5 Å². The van der Waals surface area contributed by atoms with E-state index in [2.05, 4.69) is 5.32 Å². The average Bonchev–Trinajstić information content (AvgIpc) is 2.59. The normalized spacial score (nSPS) is 17.4. The van der Waals surface area contributed by atoms with Crippen molar-refractivity contribution in [1.82, 2.24) is 5.32 Å². The van der Waals surface area contributed by atoms with Gasteiger partial charge in [-0.05, 0) is 31.9 Å². The third kappa shape index (κ3) is 5.05. The number of sulfone groups is 1. The maximum atomic E-state index is 12.3. The molecule has 0 heterocycles. The minimum atomic E-state index is -3.45. The first-order chi connectivity index (χ1) is 11.4. The van der Waals surface area contributed by atoms with Crippen LogP contribution in [0.5, 0.6) is 0 Å². The van der Waals surface area contributed by atoms with Gasteiger partial charge in [-0.1, -0.05) is 37.0 Å². The van der Waals surface area contributed by atoms with Crippen molar-refractivity contribution in [2.24, 2.45) is 5.41 Å². The van der Waals surface area contributed by atoms with Crippen molar-refractivity contribution in [2.45, 2.75) is 50.3 Å². The molecule has 24 heavy (non-hydrogen) atoms. The fourth-order valence-corrected chi connectivity index (χ4v) is 4.40. The Morgan fingerprint density at radius 2 is 1.79 bits per heavy atom. The van der Waals surface area contributed by atoms with Crippen LogP contribution in [0.15, 0.2) is 29.2 Å². The third-order valence-corrected chi connectivity index (χ3v) is 6.62. The highest BCUT2D eigenvalue weighted by molar-refractivity contribution is 7.91. The second kappa shape index (κ2) is 8.12. The molecule has 1 amide bonds. The highest BCUT2D eigenvalue weighted by Gasteiger charge is 2.31. The van der Waals surface area contributed by atoms with Crippen LogP contribution in [0.25, 0.3) is 0 Å². The van der Waals surface area contributed by atoms with Crippen molar-refractivity contribution in [3.63, 3.8) is 0 Å². The van der Waals surface area contributed by atoms with Crippen LogP contribution in [0, 0.1) is 12.3 Å². The summed E-state index contributed by atoms with van der Waals surface area (Å²) in [6, 6.07) is 6.65. The second-order valence-electron chi connectivity index (χ2n) is 6.88. The number of aliphatic hydroxyl groups is 1. The van der Waals surface area contributed by atoms with E-state index in [9.17, 15) is 18.3 Å². The van der Waals surface area contributed by atoms with E-state index in [0.29, 0.717) is 6.54 Å². The molecular weight excluding hydrogens is 326 g/mol. The lowest BCUT2D eigenvalue weighted by Crippen LogP contribution is -2.41. The molecule has 1 aromatic carbocycles. The molecule has 1 fully saturated rings. The first-order valence-corrected chi connectivity index (χ1v) is 10.2. The molecule has 6 heteroatoms. The average molecular weight is 353 g/mol. The van der Waals surface area contributed by atoms with E-state index in [1.54, 1.807) is 24.3 Å². The summed E-state index contributed by atoms with van der Waals surface area (Å²) in [5.41, 5.74) is 0.762. The molecule has 0 radical (unpaired) electrons. The van der Waals surface area contributed by atoms with E-state index < -0.39 is 9.84 Å². The Bertz CT molecular complexity index is 646. The highest BCUT2D eigenvalue weighted by atomic mass is 32.2. The molecule has 134 valence electrons. The Morgan fingerprint density at radius 1 is 1.17 bits per heavy atom. The zero-order valence-corrected chi connectivity index (χ0v) is 15.1. The van der Waals surface area contributed by atoms with Gasteiger partial charge in [0.25, 0.3) is 0 Å².